The van der Waals surface area contributed by atoms with E-state index in [1.165, 1.54) is 28.1 Å². The number of rotatable bonds is 3. The van der Waals surface area contributed by atoms with E-state index in [0.29, 0.717) is 6.04 Å². The average Bonchev–Trinajstić information content (AvgIpc) is 2.25. The van der Waals surface area contributed by atoms with Crippen molar-refractivity contribution < 1.29 is 0 Å². The summed E-state index contributed by atoms with van der Waals surface area (Å²) in [6.07, 6.45) is 2.29. The van der Waals surface area contributed by atoms with Gasteiger partial charge >= 0.3 is 0 Å². The number of nitrogens with one attached hydrogen (secondary N) is 1. The molecule has 1 aliphatic rings. The molecule has 2 rings (SSSR count). The molecule has 1 unspecified atom stereocenters. The Morgan fingerprint density at radius 1 is 1.44 bits per heavy atom. The van der Waals surface area contributed by atoms with Crippen LogP contribution in [-0.4, -0.2) is 18.3 Å². The Kier molecular flexibility index (Phi) is 3.77. The molecule has 3 N–H and O–H groups in total. The minimum absolute atomic E-state index is 0.585. The molecule has 0 spiro atoms. The fraction of sp³-hybridized carbons (Fsp3) is 0.538. The summed E-state index contributed by atoms with van der Waals surface area (Å²) in [5, 5.41) is 3.64. The second kappa shape index (κ2) is 5.11. The molecule has 1 aliphatic heterocycles. The lowest BCUT2D eigenvalue weighted by Crippen LogP contribution is -2.27. The molecule has 0 saturated carbocycles. The van der Waals surface area contributed by atoms with E-state index in [1.807, 2.05) is 11.8 Å². The maximum Gasteiger partial charge on any atom is 0.0486 e. The van der Waals surface area contributed by atoms with E-state index in [9.17, 15) is 0 Å². The van der Waals surface area contributed by atoms with Crippen LogP contribution in [0, 0.1) is 13.8 Å². The standard InChI is InChI=1S/C13H20N2S/c1-9-6-10(2)13-12(7-9)15-11(8-16-13)4-3-5-14/h6-7,11,15H,3-5,8,14H2,1-2H3. The van der Waals surface area contributed by atoms with Crippen LogP contribution in [0.1, 0.15) is 24.0 Å². The van der Waals surface area contributed by atoms with Crippen molar-refractivity contribution in [1.29, 1.82) is 0 Å². The van der Waals surface area contributed by atoms with E-state index in [2.05, 4.69) is 31.3 Å². The monoisotopic (exact) mass is 236 g/mol. The predicted molar refractivity (Wildman–Crippen MR) is 72.3 cm³/mol. The topological polar surface area (TPSA) is 38.0 Å². The summed E-state index contributed by atoms with van der Waals surface area (Å²) in [5.41, 5.74) is 9.60. The lowest BCUT2D eigenvalue weighted by molar-refractivity contribution is 0.664. The normalized spacial score (nSPS) is 19.1. The van der Waals surface area contributed by atoms with Crippen LogP contribution in [0.4, 0.5) is 5.69 Å². The van der Waals surface area contributed by atoms with Gasteiger partial charge in [-0.3, -0.25) is 0 Å². The fourth-order valence-electron chi connectivity index (χ4n) is 2.22. The molecule has 0 amide bonds. The van der Waals surface area contributed by atoms with Gasteiger partial charge in [0.25, 0.3) is 0 Å². The third kappa shape index (κ3) is 2.53. The minimum atomic E-state index is 0.585. The molecule has 1 aromatic carbocycles. The molecule has 1 aromatic rings. The van der Waals surface area contributed by atoms with Gasteiger partial charge in [0, 0.05) is 22.4 Å². The average molecular weight is 236 g/mol. The van der Waals surface area contributed by atoms with Gasteiger partial charge < -0.3 is 11.1 Å². The van der Waals surface area contributed by atoms with Gasteiger partial charge in [0.2, 0.25) is 0 Å². The van der Waals surface area contributed by atoms with Crippen molar-refractivity contribution in [3.8, 4) is 0 Å². The van der Waals surface area contributed by atoms with Gasteiger partial charge in [0.1, 0.15) is 0 Å². The zero-order chi connectivity index (χ0) is 11.5. The quantitative estimate of drug-likeness (QED) is 0.847. The van der Waals surface area contributed by atoms with E-state index in [-0.39, 0.29) is 0 Å². The molecule has 0 bridgehead atoms. The SMILES string of the molecule is Cc1cc(C)c2c(c1)NC(CCCN)CS2. The molecule has 3 heteroatoms. The molecule has 0 aromatic heterocycles. The van der Waals surface area contributed by atoms with Crippen LogP contribution >= 0.6 is 11.8 Å². The number of aryl methyl sites for hydroxylation is 2. The van der Waals surface area contributed by atoms with Gasteiger partial charge in [0.05, 0.1) is 0 Å². The van der Waals surface area contributed by atoms with Crippen molar-refractivity contribution in [3.05, 3.63) is 23.3 Å². The third-order valence-electron chi connectivity index (χ3n) is 2.96. The second-order valence-corrected chi connectivity index (χ2v) is 5.57. The molecular weight excluding hydrogens is 216 g/mol. The Morgan fingerprint density at radius 3 is 3.00 bits per heavy atom. The first-order valence-corrected chi connectivity index (χ1v) is 6.90. The highest BCUT2D eigenvalue weighted by Gasteiger charge is 2.19. The first kappa shape index (κ1) is 11.8. The van der Waals surface area contributed by atoms with Crippen LogP contribution in [-0.2, 0) is 0 Å². The minimum Gasteiger partial charge on any atom is -0.381 e. The summed E-state index contributed by atoms with van der Waals surface area (Å²) in [7, 11) is 0. The number of anilines is 1. The highest BCUT2D eigenvalue weighted by atomic mass is 32.2. The number of hydrogen-bond donors (Lipinski definition) is 2. The van der Waals surface area contributed by atoms with Crippen molar-refractivity contribution in [1.82, 2.24) is 0 Å². The van der Waals surface area contributed by atoms with E-state index >= 15 is 0 Å². The molecule has 1 atom stereocenters. The molecule has 0 aliphatic carbocycles. The Bertz CT molecular complexity index is 376. The summed E-state index contributed by atoms with van der Waals surface area (Å²) < 4.78 is 0. The predicted octanol–water partition coefficient (Wildman–Crippen LogP) is 2.93. The maximum atomic E-state index is 5.55. The molecule has 1 heterocycles. The highest BCUT2D eigenvalue weighted by molar-refractivity contribution is 7.99. The maximum absolute atomic E-state index is 5.55. The van der Waals surface area contributed by atoms with Gasteiger partial charge in [-0.25, -0.2) is 0 Å². The Hall–Kier alpha value is -0.670. The Labute approximate surface area is 102 Å². The first-order valence-electron chi connectivity index (χ1n) is 5.91. The highest BCUT2D eigenvalue weighted by Crippen LogP contribution is 2.37. The van der Waals surface area contributed by atoms with Crippen molar-refractivity contribution in [2.45, 2.75) is 37.6 Å². The van der Waals surface area contributed by atoms with E-state index in [4.69, 9.17) is 5.73 Å². The summed E-state index contributed by atoms with van der Waals surface area (Å²) in [4.78, 5) is 1.43. The second-order valence-electron chi connectivity index (χ2n) is 4.54. The van der Waals surface area contributed by atoms with Crippen molar-refractivity contribution in [2.75, 3.05) is 17.6 Å². The number of fused-ring (bicyclic) bond motifs is 1. The van der Waals surface area contributed by atoms with Crippen molar-refractivity contribution >= 4 is 17.4 Å². The Balaban J connectivity index is 2.13. The van der Waals surface area contributed by atoms with Crippen LogP contribution in [0.3, 0.4) is 0 Å². The fourth-order valence-corrected chi connectivity index (χ4v) is 3.40. The number of benzene rings is 1. The van der Waals surface area contributed by atoms with Crippen LogP contribution in [0.5, 0.6) is 0 Å². The number of thioether (sulfide) groups is 1. The molecule has 0 radical (unpaired) electrons. The van der Waals surface area contributed by atoms with Gasteiger partial charge in [0.15, 0.2) is 0 Å². The number of nitrogens with two attached hydrogens (primary N) is 1. The smallest absolute Gasteiger partial charge is 0.0486 e. The lowest BCUT2D eigenvalue weighted by atomic mass is 10.1. The summed E-state index contributed by atoms with van der Waals surface area (Å²) in [6, 6.07) is 5.10. The first-order chi connectivity index (χ1) is 7.70. The molecular formula is C13H20N2S. The van der Waals surface area contributed by atoms with Crippen LogP contribution in [0.25, 0.3) is 0 Å². The zero-order valence-electron chi connectivity index (χ0n) is 10.0. The van der Waals surface area contributed by atoms with E-state index in [0.717, 1.165) is 18.7 Å². The van der Waals surface area contributed by atoms with Crippen molar-refractivity contribution in [2.24, 2.45) is 5.73 Å². The molecule has 16 heavy (non-hydrogen) atoms. The van der Waals surface area contributed by atoms with Crippen molar-refractivity contribution in [3.63, 3.8) is 0 Å². The Morgan fingerprint density at radius 2 is 2.25 bits per heavy atom. The lowest BCUT2D eigenvalue weighted by Gasteiger charge is -2.28. The van der Waals surface area contributed by atoms with Gasteiger partial charge in [-0.1, -0.05) is 6.07 Å². The van der Waals surface area contributed by atoms with E-state index in [1.54, 1.807) is 0 Å². The van der Waals surface area contributed by atoms with E-state index < -0.39 is 0 Å². The summed E-state index contributed by atoms with van der Waals surface area (Å²) in [6.45, 7) is 5.15. The van der Waals surface area contributed by atoms with Crippen LogP contribution < -0.4 is 11.1 Å². The van der Waals surface area contributed by atoms with Gasteiger partial charge in [-0.2, -0.15) is 0 Å². The molecule has 0 fully saturated rings. The van der Waals surface area contributed by atoms with Crippen LogP contribution in [0.2, 0.25) is 0 Å². The molecule has 0 saturated heterocycles. The third-order valence-corrected chi connectivity index (χ3v) is 4.36. The summed E-state index contributed by atoms with van der Waals surface area (Å²) in [5.74, 6) is 1.16. The van der Waals surface area contributed by atoms with Gasteiger partial charge in [-0.05, 0) is 50.4 Å². The molecule has 88 valence electrons. The van der Waals surface area contributed by atoms with Gasteiger partial charge in [-0.15, -0.1) is 11.8 Å². The number of hydrogen-bond acceptors (Lipinski definition) is 3. The zero-order valence-corrected chi connectivity index (χ0v) is 10.9. The molecule has 2 nitrogen and oxygen atoms in total. The van der Waals surface area contributed by atoms with Crippen LogP contribution in [0.15, 0.2) is 17.0 Å². The largest absolute Gasteiger partial charge is 0.381 e. The summed E-state index contributed by atoms with van der Waals surface area (Å²) >= 11 is 1.98.